The first-order valence-electron chi connectivity index (χ1n) is 7.36. The van der Waals surface area contributed by atoms with Crippen LogP contribution in [0, 0.1) is 0 Å². The zero-order valence-corrected chi connectivity index (χ0v) is 12.8. The number of aliphatic imine (C=N–C) groups is 1. The van der Waals surface area contributed by atoms with E-state index in [1.165, 1.54) is 0 Å². The van der Waals surface area contributed by atoms with Crippen LogP contribution in [0.3, 0.4) is 0 Å². The Kier molecular flexibility index (Phi) is 3.76. The first-order valence-corrected chi connectivity index (χ1v) is 7.36. The molecule has 0 amide bonds. The average Bonchev–Trinajstić information content (AvgIpc) is 3.09. The number of nitrogens with zero attached hydrogens (tertiary/aromatic N) is 2. The second kappa shape index (κ2) is 5.58. The lowest BCUT2D eigenvalue weighted by Gasteiger charge is -2.20. The van der Waals surface area contributed by atoms with Gasteiger partial charge in [-0.2, -0.15) is 0 Å². The monoisotopic (exact) mass is 303 g/mol. The molecular weight excluding hydrogens is 282 g/mol. The van der Waals surface area contributed by atoms with Crippen molar-refractivity contribution in [2.45, 2.75) is 32.2 Å². The Hall–Kier alpha value is -2.12. The van der Waals surface area contributed by atoms with Gasteiger partial charge in [-0.25, -0.2) is 4.98 Å². The molecule has 3 rings (SSSR count). The molecule has 0 radical (unpaired) electrons. The van der Waals surface area contributed by atoms with E-state index < -0.39 is 5.79 Å². The largest absolute Gasteiger partial charge is 0.397 e. The fraction of sp³-hybridized carbons (Fsp3) is 0.467. The van der Waals surface area contributed by atoms with Gasteiger partial charge in [-0.15, -0.1) is 0 Å². The van der Waals surface area contributed by atoms with Gasteiger partial charge in [0, 0.05) is 0 Å². The van der Waals surface area contributed by atoms with Crippen molar-refractivity contribution in [3.05, 3.63) is 18.0 Å². The number of hydrogen-bond donors (Lipinski definition) is 3. The summed E-state index contributed by atoms with van der Waals surface area (Å²) in [6, 6.07) is 3.50. The number of benzene rings is 1. The molecule has 2 heterocycles. The maximum atomic E-state index is 5.90. The van der Waals surface area contributed by atoms with Crippen molar-refractivity contribution in [1.82, 2.24) is 9.97 Å². The second-order valence-electron chi connectivity index (χ2n) is 5.62. The number of nitrogen functional groups attached to an aromatic ring is 2. The SMILES string of the molecule is CCC1(C)OCC(CN=Cc2nc3c(N)ccc(N)c3[nH]2)O1. The molecule has 1 fully saturated rings. The van der Waals surface area contributed by atoms with Crippen LogP contribution >= 0.6 is 0 Å². The molecule has 1 aliphatic rings. The molecule has 1 aromatic heterocycles. The van der Waals surface area contributed by atoms with Crippen LogP contribution in [0.25, 0.3) is 11.0 Å². The van der Waals surface area contributed by atoms with E-state index in [1.807, 2.05) is 13.8 Å². The molecule has 1 saturated heterocycles. The molecule has 118 valence electrons. The number of aromatic amines is 1. The first-order chi connectivity index (χ1) is 10.5. The number of anilines is 2. The topological polar surface area (TPSA) is 112 Å². The summed E-state index contributed by atoms with van der Waals surface area (Å²) in [6.07, 6.45) is 2.46. The number of rotatable bonds is 4. The molecule has 0 aliphatic carbocycles. The van der Waals surface area contributed by atoms with Gasteiger partial charge in [0.15, 0.2) is 5.79 Å². The smallest absolute Gasteiger partial charge is 0.165 e. The molecule has 5 N–H and O–H groups in total. The summed E-state index contributed by atoms with van der Waals surface area (Å²) in [5.41, 5.74) is 14.4. The molecule has 22 heavy (non-hydrogen) atoms. The van der Waals surface area contributed by atoms with E-state index in [9.17, 15) is 0 Å². The first kappa shape index (κ1) is 14.8. The van der Waals surface area contributed by atoms with Crippen molar-refractivity contribution in [2.75, 3.05) is 24.6 Å². The lowest BCUT2D eigenvalue weighted by Crippen LogP contribution is -2.26. The van der Waals surface area contributed by atoms with Crippen LogP contribution in [0.15, 0.2) is 17.1 Å². The van der Waals surface area contributed by atoms with Crippen molar-refractivity contribution >= 4 is 28.6 Å². The number of nitrogens with one attached hydrogen (secondary N) is 1. The van der Waals surface area contributed by atoms with E-state index in [-0.39, 0.29) is 6.10 Å². The molecule has 1 aliphatic heterocycles. The zero-order valence-electron chi connectivity index (χ0n) is 12.8. The summed E-state index contributed by atoms with van der Waals surface area (Å²) in [5.74, 6) is 0.138. The third-order valence-electron chi connectivity index (χ3n) is 3.88. The van der Waals surface area contributed by atoms with Crippen LogP contribution in [0.1, 0.15) is 26.1 Å². The van der Waals surface area contributed by atoms with E-state index >= 15 is 0 Å². The van der Waals surface area contributed by atoms with Crippen molar-refractivity contribution in [3.63, 3.8) is 0 Å². The summed E-state index contributed by atoms with van der Waals surface area (Å²) in [4.78, 5) is 11.9. The fourth-order valence-electron chi connectivity index (χ4n) is 2.43. The number of nitrogens with two attached hydrogens (primary N) is 2. The Labute approximate surface area is 128 Å². The maximum Gasteiger partial charge on any atom is 0.165 e. The van der Waals surface area contributed by atoms with Gasteiger partial charge < -0.3 is 25.9 Å². The number of imidazole rings is 1. The summed E-state index contributed by atoms with van der Waals surface area (Å²) in [7, 11) is 0. The van der Waals surface area contributed by atoms with Crippen molar-refractivity contribution in [3.8, 4) is 0 Å². The normalized spacial score (nSPS) is 25.5. The highest BCUT2D eigenvalue weighted by molar-refractivity contribution is 5.97. The van der Waals surface area contributed by atoms with Crippen LogP contribution in [-0.4, -0.2) is 41.2 Å². The van der Waals surface area contributed by atoms with Crippen molar-refractivity contribution in [2.24, 2.45) is 4.99 Å². The van der Waals surface area contributed by atoms with Gasteiger partial charge in [0.1, 0.15) is 17.4 Å². The molecule has 0 spiro atoms. The molecule has 2 aromatic rings. The highest BCUT2D eigenvalue weighted by Gasteiger charge is 2.35. The van der Waals surface area contributed by atoms with E-state index in [2.05, 4.69) is 15.0 Å². The fourth-order valence-corrected chi connectivity index (χ4v) is 2.43. The summed E-state index contributed by atoms with van der Waals surface area (Å²) < 4.78 is 11.5. The second-order valence-corrected chi connectivity index (χ2v) is 5.62. The Morgan fingerprint density at radius 3 is 2.91 bits per heavy atom. The minimum Gasteiger partial charge on any atom is -0.397 e. The van der Waals surface area contributed by atoms with Crippen LogP contribution in [-0.2, 0) is 9.47 Å². The number of fused-ring (bicyclic) bond motifs is 1. The van der Waals surface area contributed by atoms with E-state index in [1.54, 1.807) is 18.3 Å². The van der Waals surface area contributed by atoms with Crippen LogP contribution in [0.4, 0.5) is 11.4 Å². The van der Waals surface area contributed by atoms with Gasteiger partial charge in [-0.3, -0.25) is 4.99 Å². The van der Waals surface area contributed by atoms with Crippen molar-refractivity contribution < 1.29 is 9.47 Å². The van der Waals surface area contributed by atoms with Crippen LogP contribution in [0.2, 0.25) is 0 Å². The Morgan fingerprint density at radius 1 is 1.45 bits per heavy atom. The lowest BCUT2D eigenvalue weighted by molar-refractivity contribution is -0.153. The summed E-state index contributed by atoms with van der Waals surface area (Å²) >= 11 is 0. The van der Waals surface area contributed by atoms with Gasteiger partial charge in [0.05, 0.1) is 36.3 Å². The highest BCUT2D eigenvalue weighted by atomic mass is 16.7. The third kappa shape index (κ3) is 2.77. The molecule has 7 heteroatoms. The minimum atomic E-state index is -0.484. The standard InChI is InChI=1S/C15H21N5O2/c1-3-15(2)21-8-9(22-15)6-18-7-12-19-13-10(16)4-5-11(17)14(13)20-12/h4-5,7,9H,3,6,8,16-17H2,1-2H3,(H,19,20). The molecule has 7 nitrogen and oxygen atoms in total. The number of hydrogen-bond acceptors (Lipinski definition) is 6. The quantitative estimate of drug-likeness (QED) is 0.588. The number of ether oxygens (including phenoxy) is 2. The molecule has 2 atom stereocenters. The molecular formula is C15H21N5O2. The summed E-state index contributed by atoms with van der Waals surface area (Å²) in [6.45, 7) is 5.07. The highest BCUT2D eigenvalue weighted by Crippen LogP contribution is 2.26. The summed E-state index contributed by atoms with van der Waals surface area (Å²) in [5, 5.41) is 0. The molecule has 0 bridgehead atoms. The molecule has 1 aromatic carbocycles. The molecule has 0 saturated carbocycles. The third-order valence-corrected chi connectivity index (χ3v) is 3.88. The van der Waals surface area contributed by atoms with Gasteiger partial charge in [0.25, 0.3) is 0 Å². The Balaban J connectivity index is 1.69. The van der Waals surface area contributed by atoms with Gasteiger partial charge in [-0.05, 0) is 25.5 Å². The molecule has 2 unspecified atom stereocenters. The Morgan fingerprint density at radius 2 is 2.23 bits per heavy atom. The van der Waals surface area contributed by atoms with Gasteiger partial charge in [0.2, 0.25) is 0 Å². The lowest BCUT2D eigenvalue weighted by atomic mass is 10.2. The van der Waals surface area contributed by atoms with Gasteiger partial charge >= 0.3 is 0 Å². The predicted molar refractivity (Wildman–Crippen MR) is 86.9 cm³/mol. The predicted octanol–water partition coefficient (Wildman–Crippen LogP) is 1.69. The average molecular weight is 303 g/mol. The van der Waals surface area contributed by atoms with Crippen molar-refractivity contribution in [1.29, 1.82) is 0 Å². The van der Waals surface area contributed by atoms with Crippen LogP contribution in [0.5, 0.6) is 0 Å². The van der Waals surface area contributed by atoms with E-state index in [0.717, 1.165) is 11.9 Å². The maximum absolute atomic E-state index is 5.90. The van der Waals surface area contributed by atoms with Gasteiger partial charge in [-0.1, -0.05) is 6.92 Å². The Bertz CT molecular complexity index is 672. The number of aromatic nitrogens is 2. The number of H-pyrrole nitrogens is 1. The van der Waals surface area contributed by atoms with E-state index in [4.69, 9.17) is 20.9 Å². The van der Waals surface area contributed by atoms with E-state index in [0.29, 0.717) is 35.9 Å². The zero-order chi connectivity index (χ0) is 15.7. The minimum absolute atomic E-state index is 0.0271. The van der Waals surface area contributed by atoms with Crippen LogP contribution < -0.4 is 11.5 Å².